The fourth-order valence-electron chi connectivity index (χ4n) is 2.29. The van der Waals surface area contributed by atoms with Crippen molar-refractivity contribution < 1.29 is 9.53 Å². The third-order valence-corrected chi connectivity index (χ3v) is 3.45. The number of hydrogen-bond donors (Lipinski definition) is 2. The summed E-state index contributed by atoms with van der Waals surface area (Å²) in [6, 6.07) is 7.49. The molecule has 0 aliphatic carbocycles. The van der Waals surface area contributed by atoms with Crippen LogP contribution in [-0.2, 0) is 4.74 Å². The van der Waals surface area contributed by atoms with E-state index in [2.05, 4.69) is 10.6 Å². The van der Waals surface area contributed by atoms with Crippen LogP contribution in [0.25, 0.3) is 0 Å². The Kier molecular flexibility index (Phi) is 5.21. The molecular formula is C15H22N2O2. The highest BCUT2D eigenvalue weighted by Gasteiger charge is 2.12. The molecule has 1 fully saturated rings. The van der Waals surface area contributed by atoms with E-state index >= 15 is 0 Å². The van der Waals surface area contributed by atoms with Crippen molar-refractivity contribution in [3.8, 4) is 0 Å². The number of anilines is 1. The van der Waals surface area contributed by atoms with Crippen molar-refractivity contribution in [3.63, 3.8) is 0 Å². The highest BCUT2D eigenvalue weighted by Crippen LogP contribution is 2.15. The summed E-state index contributed by atoms with van der Waals surface area (Å²) in [6.45, 7) is 5.46. The van der Waals surface area contributed by atoms with Gasteiger partial charge in [-0.25, -0.2) is 4.79 Å². The molecule has 1 saturated heterocycles. The Balaban J connectivity index is 1.82. The van der Waals surface area contributed by atoms with Gasteiger partial charge in [0.05, 0.1) is 12.2 Å². The summed E-state index contributed by atoms with van der Waals surface area (Å²) < 4.78 is 4.96. The Labute approximate surface area is 114 Å². The maximum absolute atomic E-state index is 11.5. The monoisotopic (exact) mass is 262 g/mol. The molecule has 2 N–H and O–H groups in total. The van der Waals surface area contributed by atoms with E-state index in [1.807, 2.05) is 31.2 Å². The first kappa shape index (κ1) is 13.9. The lowest BCUT2D eigenvalue weighted by atomic mass is 9.98. The molecule has 0 unspecified atom stereocenters. The average Bonchev–Trinajstić information content (AvgIpc) is 2.47. The number of carbonyl (C=O) groups excluding carboxylic acids is 1. The predicted molar refractivity (Wildman–Crippen MR) is 76.5 cm³/mol. The third-order valence-electron chi connectivity index (χ3n) is 3.45. The van der Waals surface area contributed by atoms with E-state index in [-0.39, 0.29) is 5.97 Å². The predicted octanol–water partition coefficient (Wildman–Crippen LogP) is 2.27. The van der Waals surface area contributed by atoms with Crippen molar-refractivity contribution in [1.82, 2.24) is 5.32 Å². The number of hydrogen-bond acceptors (Lipinski definition) is 4. The van der Waals surface area contributed by atoms with E-state index in [1.54, 1.807) is 0 Å². The van der Waals surface area contributed by atoms with Gasteiger partial charge in [-0.15, -0.1) is 0 Å². The first-order valence-corrected chi connectivity index (χ1v) is 7.01. The molecule has 1 heterocycles. The van der Waals surface area contributed by atoms with Crippen molar-refractivity contribution in [2.45, 2.75) is 19.8 Å². The molecule has 19 heavy (non-hydrogen) atoms. The van der Waals surface area contributed by atoms with Gasteiger partial charge in [-0.1, -0.05) is 0 Å². The zero-order valence-electron chi connectivity index (χ0n) is 11.4. The first-order valence-electron chi connectivity index (χ1n) is 7.01. The molecule has 4 nitrogen and oxygen atoms in total. The van der Waals surface area contributed by atoms with Gasteiger partial charge in [-0.3, -0.25) is 0 Å². The molecule has 0 amide bonds. The van der Waals surface area contributed by atoms with Crippen molar-refractivity contribution in [3.05, 3.63) is 29.8 Å². The van der Waals surface area contributed by atoms with Gasteiger partial charge in [0.15, 0.2) is 0 Å². The van der Waals surface area contributed by atoms with Gasteiger partial charge >= 0.3 is 5.97 Å². The first-order chi connectivity index (χ1) is 9.29. The zero-order valence-corrected chi connectivity index (χ0v) is 11.4. The second-order valence-electron chi connectivity index (χ2n) is 4.87. The fourth-order valence-corrected chi connectivity index (χ4v) is 2.29. The molecule has 4 heteroatoms. The van der Waals surface area contributed by atoms with E-state index in [0.29, 0.717) is 12.2 Å². The van der Waals surface area contributed by atoms with Crippen molar-refractivity contribution in [1.29, 1.82) is 0 Å². The minimum atomic E-state index is -0.257. The van der Waals surface area contributed by atoms with Crippen molar-refractivity contribution >= 4 is 11.7 Å². The molecule has 0 atom stereocenters. The Bertz CT molecular complexity index is 397. The standard InChI is InChI=1S/C15H22N2O2/c1-2-19-15(18)13-3-5-14(6-4-13)17-11-12-7-9-16-10-8-12/h3-6,12,16-17H,2,7-11H2,1H3. The highest BCUT2D eigenvalue weighted by molar-refractivity contribution is 5.89. The maximum atomic E-state index is 11.5. The number of nitrogens with one attached hydrogen (secondary N) is 2. The molecule has 0 aromatic heterocycles. The van der Waals surface area contributed by atoms with E-state index in [4.69, 9.17) is 4.74 Å². The number of piperidine rings is 1. The van der Waals surface area contributed by atoms with Crippen molar-refractivity contribution in [2.75, 3.05) is 31.6 Å². The molecule has 0 radical (unpaired) electrons. The Hall–Kier alpha value is -1.55. The molecule has 0 spiro atoms. The van der Waals surface area contributed by atoms with Gasteiger partial charge < -0.3 is 15.4 Å². The van der Waals surface area contributed by atoms with E-state index < -0.39 is 0 Å². The summed E-state index contributed by atoms with van der Waals surface area (Å²) in [5.74, 6) is 0.485. The summed E-state index contributed by atoms with van der Waals surface area (Å²) in [6.07, 6.45) is 2.46. The summed E-state index contributed by atoms with van der Waals surface area (Å²) in [4.78, 5) is 11.5. The van der Waals surface area contributed by atoms with Crippen LogP contribution in [0.15, 0.2) is 24.3 Å². The van der Waals surface area contributed by atoms with Crippen LogP contribution in [0.3, 0.4) is 0 Å². The molecular weight excluding hydrogens is 240 g/mol. The van der Waals surface area contributed by atoms with Gasteiger partial charge in [-0.2, -0.15) is 0 Å². The van der Waals surface area contributed by atoms with Gasteiger partial charge in [0.1, 0.15) is 0 Å². The lowest BCUT2D eigenvalue weighted by Gasteiger charge is -2.23. The fraction of sp³-hybridized carbons (Fsp3) is 0.533. The summed E-state index contributed by atoms with van der Waals surface area (Å²) in [5.41, 5.74) is 1.67. The topological polar surface area (TPSA) is 50.4 Å². The summed E-state index contributed by atoms with van der Waals surface area (Å²) in [7, 11) is 0. The van der Waals surface area contributed by atoms with Gasteiger partial charge in [-0.05, 0) is 63.0 Å². The highest BCUT2D eigenvalue weighted by atomic mass is 16.5. The number of benzene rings is 1. The molecule has 104 valence electrons. The zero-order chi connectivity index (χ0) is 13.5. The van der Waals surface area contributed by atoms with Crippen LogP contribution >= 0.6 is 0 Å². The molecule has 0 bridgehead atoms. The van der Waals surface area contributed by atoms with Crippen LogP contribution in [0.4, 0.5) is 5.69 Å². The lowest BCUT2D eigenvalue weighted by molar-refractivity contribution is 0.0526. The minimum absolute atomic E-state index is 0.257. The number of rotatable bonds is 5. The third kappa shape index (κ3) is 4.24. The molecule has 1 aromatic carbocycles. The normalized spacial score (nSPS) is 16.1. The summed E-state index contributed by atoms with van der Waals surface area (Å²) >= 11 is 0. The van der Waals surface area contributed by atoms with E-state index in [9.17, 15) is 4.79 Å². The Morgan fingerprint density at radius 1 is 1.32 bits per heavy atom. The van der Waals surface area contributed by atoms with Crippen molar-refractivity contribution in [2.24, 2.45) is 5.92 Å². The Morgan fingerprint density at radius 2 is 2.00 bits per heavy atom. The number of esters is 1. The van der Waals surface area contributed by atoms with Gasteiger partial charge in [0, 0.05) is 12.2 Å². The lowest BCUT2D eigenvalue weighted by Crippen LogP contribution is -2.31. The molecule has 1 aromatic rings. The largest absolute Gasteiger partial charge is 0.462 e. The van der Waals surface area contributed by atoms with E-state index in [1.165, 1.54) is 12.8 Å². The quantitative estimate of drug-likeness (QED) is 0.799. The van der Waals surface area contributed by atoms with Gasteiger partial charge in [0.25, 0.3) is 0 Å². The molecule has 2 rings (SSSR count). The maximum Gasteiger partial charge on any atom is 0.338 e. The number of ether oxygens (including phenoxy) is 1. The van der Waals surface area contributed by atoms with Crippen LogP contribution in [0.1, 0.15) is 30.1 Å². The van der Waals surface area contributed by atoms with Crippen LogP contribution in [0.5, 0.6) is 0 Å². The second kappa shape index (κ2) is 7.14. The number of carbonyl (C=O) groups is 1. The average molecular weight is 262 g/mol. The van der Waals surface area contributed by atoms with Crippen LogP contribution in [-0.4, -0.2) is 32.2 Å². The summed E-state index contributed by atoms with van der Waals surface area (Å²) in [5, 5.41) is 6.80. The SMILES string of the molecule is CCOC(=O)c1ccc(NCC2CCNCC2)cc1. The molecule has 0 saturated carbocycles. The van der Waals surface area contributed by atoms with E-state index in [0.717, 1.165) is 31.2 Å². The second-order valence-corrected chi connectivity index (χ2v) is 4.87. The minimum Gasteiger partial charge on any atom is -0.462 e. The smallest absolute Gasteiger partial charge is 0.338 e. The van der Waals surface area contributed by atoms with Crippen LogP contribution < -0.4 is 10.6 Å². The molecule has 1 aliphatic heterocycles. The molecule has 1 aliphatic rings. The van der Waals surface area contributed by atoms with Gasteiger partial charge in [0.2, 0.25) is 0 Å². The van der Waals surface area contributed by atoms with Crippen LogP contribution in [0, 0.1) is 5.92 Å². The Morgan fingerprint density at radius 3 is 2.63 bits per heavy atom. The van der Waals surface area contributed by atoms with Crippen LogP contribution in [0.2, 0.25) is 0 Å².